The highest BCUT2D eigenvalue weighted by Crippen LogP contribution is 2.49. The number of fused-ring (bicyclic) bond motifs is 5. The molecule has 7 atom stereocenters. The van der Waals surface area contributed by atoms with E-state index >= 15 is 0 Å². The van der Waals surface area contributed by atoms with Gasteiger partial charge in [0.05, 0.1) is 30.8 Å². The molecule has 8 rings (SSSR count). The number of aryl methyl sites for hydroxylation is 1. The van der Waals surface area contributed by atoms with Crippen molar-refractivity contribution in [2.75, 3.05) is 77.6 Å². The Bertz CT molecular complexity index is 1860. The molecule has 12 heteroatoms. The fourth-order valence-electron chi connectivity index (χ4n) is 10.7. The number of carbonyl (C=O) groups excluding carboxylic acids is 1. The molecular weight excluding hydrogens is 724 g/mol. The predicted octanol–water partition coefficient (Wildman–Crippen LogP) is 5.68. The van der Waals surface area contributed by atoms with Gasteiger partial charge >= 0.3 is 0 Å². The van der Waals surface area contributed by atoms with Crippen molar-refractivity contribution in [2.24, 2.45) is 17.8 Å². The number of hydrogen-bond acceptors (Lipinski definition) is 9. The van der Waals surface area contributed by atoms with Gasteiger partial charge in [-0.2, -0.15) is 0 Å². The number of ether oxygens (including phenoxy) is 3. The molecule has 0 radical (unpaired) electrons. The van der Waals surface area contributed by atoms with Crippen LogP contribution in [0.4, 0.5) is 5.69 Å². The Morgan fingerprint density at radius 3 is 2.76 bits per heavy atom. The third-order valence-corrected chi connectivity index (χ3v) is 16.1. The zero-order chi connectivity index (χ0) is 37.7. The van der Waals surface area contributed by atoms with Gasteiger partial charge in [0.1, 0.15) is 11.4 Å². The SMILES string of the molecule is CC[C@@H]1[C@@H](C)C/C=C/[C@](CN2CCN3CCOC[C@@H]3C2)(OC)[C@@H]2CC[C@H]2CN2C[C@@]3(CCCc4cc(Cl)ccc43)COc3ccc(cc32)C(=O)NS1(=O)=O. The number of hydrogen-bond donors (Lipinski definition) is 1. The van der Waals surface area contributed by atoms with Gasteiger partial charge in [0.25, 0.3) is 5.91 Å². The summed E-state index contributed by atoms with van der Waals surface area (Å²) in [6.45, 7) is 12.1. The van der Waals surface area contributed by atoms with E-state index in [0.29, 0.717) is 37.0 Å². The first-order valence-corrected chi connectivity index (χ1v) is 22.1. The summed E-state index contributed by atoms with van der Waals surface area (Å²) < 4.78 is 49.5. The van der Waals surface area contributed by atoms with Crippen LogP contribution < -0.4 is 14.4 Å². The minimum absolute atomic E-state index is 0.209. The molecule has 2 aliphatic carbocycles. The fourth-order valence-corrected chi connectivity index (χ4v) is 12.6. The summed E-state index contributed by atoms with van der Waals surface area (Å²) in [6.07, 6.45) is 10.5. The number of morpholine rings is 1. The van der Waals surface area contributed by atoms with E-state index in [1.807, 2.05) is 39.2 Å². The molecule has 1 saturated carbocycles. The van der Waals surface area contributed by atoms with Gasteiger partial charge in [0, 0.05) is 75.0 Å². The Morgan fingerprint density at radius 2 is 1.96 bits per heavy atom. The first-order chi connectivity index (χ1) is 26.0. The van der Waals surface area contributed by atoms with E-state index in [1.54, 1.807) is 6.07 Å². The molecule has 2 aromatic carbocycles. The van der Waals surface area contributed by atoms with Gasteiger partial charge in [0.2, 0.25) is 10.0 Å². The molecule has 4 heterocycles. The second-order valence-electron chi connectivity index (χ2n) is 16.9. The van der Waals surface area contributed by atoms with E-state index < -0.39 is 26.8 Å². The Hall–Kier alpha value is -2.67. The lowest BCUT2D eigenvalue weighted by Gasteiger charge is -2.53. The molecule has 1 amide bonds. The second kappa shape index (κ2) is 15.3. The van der Waals surface area contributed by atoms with E-state index in [9.17, 15) is 13.2 Å². The van der Waals surface area contributed by atoms with Crippen LogP contribution in [-0.2, 0) is 31.3 Å². The van der Waals surface area contributed by atoms with Crippen molar-refractivity contribution in [3.05, 3.63) is 70.3 Å². The first-order valence-electron chi connectivity index (χ1n) is 20.2. The minimum atomic E-state index is -3.97. The number of rotatable bonds is 4. The zero-order valence-electron chi connectivity index (χ0n) is 32.1. The molecule has 10 nitrogen and oxygen atoms in total. The van der Waals surface area contributed by atoms with Crippen LogP contribution in [0.2, 0.25) is 5.02 Å². The average Bonchev–Trinajstić information content (AvgIpc) is 3.29. The average molecular weight is 781 g/mol. The van der Waals surface area contributed by atoms with Gasteiger partial charge in [-0.25, -0.2) is 13.1 Å². The molecule has 2 bridgehead atoms. The van der Waals surface area contributed by atoms with E-state index in [1.165, 1.54) is 11.1 Å². The molecule has 6 aliphatic rings. The number of carbonyl (C=O) groups is 1. The van der Waals surface area contributed by atoms with Gasteiger partial charge in [-0.1, -0.05) is 43.7 Å². The second-order valence-corrected chi connectivity index (χ2v) is 19.3. The van der Waals surface area contributed by atoms with Crippen molar-refractivity contribution < 1.29 is 27.4 Å². The monoisotopic (exact) mass is 780 g/mol. The van der Waals surface area contributed by atoms with E-state index in [4.69, 9.17) is 25.8 Å². The maximum Gasteiger partial charge on any atom is 0.264 e. The van der Waals surface area contributed by atoms with Gasteiger partial charge in [-0.15, -0.1) is 0 Å². The summed E-state index contributed by atoms with van der Waals surface area (Å²) >= 11 is 6.52. The summed E-state index contributed by atoms with van der Waals surface area (Å²) in [5, 5.41) is 0.0184. The number of nitrogens with zero attached hydrogens (tertiary/aromatic N) is 3. The number of benzene rings is 2. The smallest absolute Gasteiger partial charge is 0.264 e. The molecular formula is C42H57ClN4O6S. The van der Waals surface area contributed by atoms with Crippen molar-refractivity contribution in [1.82, 2.24) is 14.5 Å². The summed E-state index contributed by atoms with van der Waals surface area (Å²) in [7, 11) is -2.11. The Morgan fingerprint density at radius 1 is 1.09 bits per heavy atom. The largest absolute Gasteiger partial charge is 0.490 e. The number of sulfonamides is 1. The molecule has 2 aromatic rings. The number of halogens is 1. The van der Waals surface area contributed by atoms with Gasteiger partial charge in [-0.3, -0.25) is 14.6 Å². The van der Waals surface area contributed by atoms with Crippen LogP contribution in [0.25, 0.3) is 0 Å². The maximum atomic E-state index is 13.9. The highest BCUT2D eigenvalue weighted by molar-refractivity contribution is 7.90. The first kappa shape index (κ1) is 38.2. The molecule has 2 saturated heterocycles. The molecule has 4 aliphatic heterocycles. The third kappa shape index (κ3) is 7.22. The van der Waals surface area contributed by atoms with Gasteiger partial charge in [0.15, 0.2) is 0 Å². The lowest BCUT2D eigenvalue weighted by molar-refractivity contribution is -0.108. The van der Waals surface area contributed by atoms with E-state index in [-0.39, 0.29) is 17.3 Å². The number of allylic oxidation sites excluding steroid dienone is 1. The molecule has 1 spiro atoms. The van der Waals surface area contributed by atoms with Crippen molar-refractivity contribution in [1.29, 1.82) is 0 Å². The molecule has 54 heavy (non-hydrogen) atoms. The number of amides is 1. The number of anilines is 1. The zero-order valence-corrected chi connectivity index (χ0v) is 33.7. The Balaban J connectivity index is 1.19. The van der Waals surface area contributed by atoms with E-state index in [0.717, 1.165) is 108 Å². The van der Waals surface area contributed by atoms with Gasteiger partial charge in [-0.05, 0) is 104 Å². The lowest BCUT2D eigenvalue weighted by atomic mass is 9.63. The minimum Gasteiger partial charge on any atom is -0.490 e. The molecule has 0 unspecified atom stereocenters. The van der Waals surface area contributed by atoms with Crippen molar-refractivity contribution in [3.63, 3.8) is 0 Å². The normalized spacial score (nSPS) is 35.0. The molecule has 3 fully saturated rings. The van der Waals surface area contributed by atoms with Crippen LogP contribution in [-0.4, -0.2) is 114 Å². The van der Waals surface area contributed by atoms with E-state index in [2.05, 4.69) is 43.7 Å². The van der Waals surface area contributed by atoms with Crippen molar-refractivity contribution in [2.45, 2.75) is 81.1 Å². The van der Waals surface area contributed by atoms with Crippen LogP contribution in [0.3, 0.4) is 0 Å². The maximum absolute atomic E-state index is 13.9. The summed E-state index contributed by atoms with van der Waals surface area (Å²) in [5.41, 5.74) is 2.89. The van der Waals surface area contributed by atoms with Crippen LogP contribution in [0.15, 0.2) is 48.6 Å². The number of nitrogens with one attached hydrogen (secondary N) is 1. The molecule has 294 valence electrons. The fraction of sp³-hybridized carbons (Fsp3) is 0.643. The Labute approximate surface area is 326 Å². The topological polar surface area (TPSA) is 101 Å². The lowest BCUT2D eigenvalue weighted by Crippen LogP contribution is -2.62. The summed E-state index contributed by atoms with van der Waals surface area (Å²) in [4.78, 5) is 21.3. The van der Waals surface area contributed by atoms with Crippen LogP contribution in [0.1, 0.15) is 73.9 Å². The van der Waals surface area contributed by atoms with Crippen molar-refractivity contribution in [3.8, 4) is 5.75 Å². The van der Waals surface area contributed by atoms with Gasteiger partial charge < -0.3 is 19.1 Å². The standard InChI is InChI=1S/C42H57ClN4O6S/c1-4-39-29(2)7-5-16-42(51-3,27-45-17-18-46-19-20-52-25-34(46)24-45)36-12-9-32(36)23-47-26-41(15-6-8-30-21-33(43)11-13-35(30)41)28-53-38-14-10-31(22-37(38)47)40(48)44-54(39,49)50/h5,10-11,13-14,16,21-22,29,32,34,36,39H,4,6-9,12,15,17-20,23-28H2,1-3H3,(H,44,48)/b16-5+/t29-,32-,34-,36+,39+,41-,42+/m0/s1. The van der Waals surface area contributed by atoms with Crippen LogP contribution in [0, 0.1) is 17.8 Å². The predicted molar refractivity (Wildman–Crippen MR) is 212 cm³/mol. The summed E-state index contributed by atoms with van der Waals surface area (Å²) in [5.74, 6) is 0.484. The van der Waals surface area contributed by atoms with Crippen LogP contribution in [0.5, 0.6) is 5.75 Å². The summed E-state index contributed by atoms with van der Waals surface area (Å²) in [6, 6.07) is 12.1. The quantitative estimate of drug-likeness (QED) is 0.394. The number of piperazine rings is 1. The third-order valence-electron chi connectivity index (χ3n) is 13.8. The highest BCUT2D eigenvalue weighted by Gasteiger charge is 2.50. The molecule has 1 N–H and O–H groups in total. The Kier molecular flexibility index (Phi) is 10.9. The van der Waals surface area contributed by atoms with Crippen molar-refractivity contribution >= 4 is 33.2 Å². The highest BCUT2D eigenvalue weighted by atomic mass is 35.5. The number of methoxy groups -OCH3 is 1. The van der Waals surface area contributed by atoms with Crippen LogP contribution >= 0.6 is 11.6 Å². The molecule has 0 aromatic heterocycles.